The van der Waals surface area contributed by atoms with Crippen molar-refractivity contribution in [1.29, 1.82) is 0 Å². The van der Waals surface area contributed by atoms with Gasteiger partial charge in [0.15, 0.2) is 0 Å². The molecule has 0 radical (unpaired) electrons. The maximum atomic E-state index is 12.2. The normalized spacial score (nSPS) is 55.6. The van der Waals surface area contributed by atoms with Crippen molar-refractivity contribution < 1.29 is 9.90 Å². The zero-order chi connectivity index (χ0) is 18.0. The molecule has 0 saturated heterocycles. The van der Waals surface area contributed by atoms with Crippen LogP contribution in [0.25, 0.3) is 0 Å². The standard InChI is InChI=1S/C23H38O2/c1-15(24)18-8-9-19-17-7-6-16-14-21(2,25)11-5-12-22(16,3)20(17)10-13-23(18,19)4/h16-20,25H,5-14H2,1-4H3/t16-,17-,18+,19-,20-,21+,22-,23+/m0/s1. The Bertz CT molecular complexity index is 552. The molecular formula is C23H38O2. The summed E-state index contributed by atoms with van der Waals surface area (Å²) < 4.78 is 0. The van der Waals surface area contributed by atoms with Crippen LogP contribution in [0.2, 0.25) is 0 Å². The maximum Gasteiger partial charge on any atom is 0.133 e. The van der Waals surface area contributed by atoms with Crippen LogP contribution in [0.15, 0.2) is 0 Å². The van der Waals surface area contributed by atoms with Gasteiger partial charge in [-0.25, -0.2) is 0 Å². The van der Waals surface area contributed by atoms with Gasteiger partial charge in [-0.05, 0) is 106 Å². The summed E-state index contributed by atoms with van der Waals surface area (Å²) in [5, 5.41) is 10.8. The van der Waals surface area contributed by atoms with Crippen LogP contribution < -0.4 is 0 Å². The van der Waals surface area contributed by atoms with E-state index in [0.29, 0.717) is 23.0 Å². The Morgan fingerprint density at radius 2 is 1.60 bits per heavy atom. The van der Waals surface area contributed by atoms with E-state index < -0.39 is 5.60 Å². The fourth-order valence-electron chi connectivity index (χ4n) is 8.41. The van der Waals surface area contributed by atoms with Gasteiger partial charge >= 0.3 is 0 Å². The number of rotatable bonds is 1. The van der Waals surface area contributed by atoms with E-state index in [0.717, 1.165) is 37.0 Å². The minimum Gasteiger partial charge on any atom is -0.390 e. The van der Waals surface area contributed by atoms with E-state index in [2.05, 4.69) is 20.8 Å². The van der Waals surface area contributed by atoms with Gasteiger partial charge in [0.25, 0.3) is 0 Å². The van der Waals surface area contributed by atoms with Crippen LogP contribution in [0.1, 0.15) is 91.9 Å². The van der Waals surface area contributed by atoms with Gasteiger partial charge < -0.3 is 5.11 Å². The van der Waals surface area contributed by atoms with Gasteiger partial charge in [0.05, 0.1) is 5.60 Å². The van der Waals surface area contributed by atoms with E-state index in [4.69, 9.17) is 0 Å². The molecule has 0 bridgehead atoms. The number of hydrogen-bond donors (Lipinski definition) is 1. The third kappa shape index (κ3) is 2.65. The molecule has 8 atom stereocenters. The molecule has 4 fully saturated rings. The largest absolute Gasteiger partial charge is 0.390 e. The van der Waals surface area contributed by atoms with Gasteiger partial charge in [-0.2, -0.15) is 0 Å². The lowest BCUT2D eigenvalue weighted by atomic mass is 9.46. The fourth-order valence-corrected chi connectivity index (χ4v) is 8.41. The predicted molar refractivity (Wildman–Crippen MR) is 101 cm³/mol. The lowest BCUT2D eigenvalue weighted by Crippen LogP contribution is -2.52. The number of Topliss-reactive ketones (excluding diaryl/α,β-unsaturated/α-hetero) is 1. The van der Waals surface area contributed by atoms with Crippen molar-refractivity contribution in [3.63, 3.8) is 0 Å². The molecule has 0 heterocycles. The lowest BCUT2D eigenvalue weighted by Gasteiger charge is -2.59. The summed E-state index contributed by atoms with van der Waals surface area (Å²) >= 11 is 0. The first kappa shape index (κ1) is 18.0. The molecule has 1 N–H and O–H groups in total. The molecule has 4 saturated carbocycles. The van der Waals surface area contributed by atoms with Crippen molar-refractivity contribution in [3.8, 4) is 0 Å². The molecule has 2 heteroatoms. The van der Waals surface area contributed by atoms with Crippen molar-refractivity contribution >= 4 is 5.78 Å². The van der Waals surface area contributed by atoms with E-state index in [1.807, 2.05) is 6.92 Å². The Balaban J connectivity index is 1.62. The number of ketones is 1. The second-order valence-corrected chi connectivity index (χ2v) is 11.0. The van der Waals surface area contributed by atoms with Crippen molar-refractivity contribution in [2.45, 2.75) is 97.5 Å². The summed E-state index contributed by atoms with van der Waals surface area (Å²) in [5.74, 6) is 3.87. The Labute approximate surface area is 154 Å². The number of carbonyl (C=O) groups is 1. The molecule has 2 nitrogen and oxygen atoms in total. The number of aliphatic hydroxyl groups is 1. The molecular weight excluding hydrogens is 308 g/mol. The third-order valence-corrected chi connectivity index (χ3v) is 9.67. The van der Waals surface area contributed by atoms with Gasteiger partial charge in [0.1, 0.15) is 5.78 Å². The highest BCUT2D eigenvalue weighted by Crippen LogP contribution is 2.67. The van der Waals surface area contributed by atoms with Crippen LogP contribution in [0.3, 0.4) is 0 Å². The van der Waals surface area contributed by atoms with Crippen LogP contribution in [0.5, 0.6) is 0 Å². The summed E-state index contributed by atoms with van der Waals surface area (Å²) in [4.78, 5) is 12.2. The molecule has 0 aromatic rings. The number of fused-ring (bicyclic) bond motifs is 5. The SMILES string of the molecule is CC(=O)[C@H]1CC[C@H]2[C@@H]3CC[C@H]4C[C@](C)(O)CCC[C@]4(C)[C@H]3CC[C@]12C. The van der Waals surface area contributed by atoms with Crippen molar-refractivity contribution in [1.82, 2.24) is 0 Å². The first-order valence-corrected chi connectivity index (χ1v) is 10.9. The number of hydrogen-bond acceptors (Lipinski definition) is 2. The molecule has 0 aliphatic heterocycles. The molecule has 0 unspecified atom stereocenters. The fraction of sp³-hybridized carbons (Fsp3) is 0.957. The smallest absolute Gasteiger partial charge is 0.133 e. The average molecular weight is 347 g/mol. The third-order valence-electron chi connectivity index (χ3n) is 9.67. The summed E-state index contributed by atoms with van der Waals surface area (Å²) in [5.41, 5.74) is 0.233. The monoisotopic (exact) mass is 346 g/mol. The first-order valence-electron chi connectivity index (χ1n) is 10.9. The summed E-state index contributed by atoms with van der Waals surface area (Å²) in [7, 11) is 0. The quantitative estimate of drug-likeness (QED) is 0.692. The Morgan fingerprint density at radius 1 is 0.880 bits per heavy atom. The molecule has 4 rings (SSSR count). The van der Waals surface area contributed by atoms with Gasteiger partial charge in [0.2, 0.25) is 0 Å². The molecule has 0 spiro atoms. The summed E-state index contributed by atoms with van der Waals surface area (Å²) in [6, 6.07) is 0. The lowest BCUT2D eigenvalue weighted by molar-refractivity contribution is -0.132. The van der Waals surface area contributed by atoms with E-state index in [-0.39, 0.29) is 5.41 Å². The van der Waals surface area contributed by atoms with E-state index in [1.165, 1.54) is 44.9 Å². The van der Waals surface area contributed by atoms with Gasteiger partial charge in [-0.1, -0.05) is 20.3 Å². The zero-order valence-corrected chi connectivity index (χ0v) is 16.8. The Morgan fingerprint density at radius 3 is 2.32 bits per heavy atom. The highest BCUT2D eigenvalue weighted by Gasteiger charge is 2.60. The minimum atomic E-state index is -0.453. The Kier molecular flexibility index (Phi) is 4.19. The van der Waals surface area contributed by atoms with Gasteiger partial charge in [-0.15, -0.1) is 0 Å². The maximum absolute atomic E-state index is 12.2. The highest BCUT2D eigenvalue weighted by atomic mass is 16.3. The summed E-state index contributed by atoms with van der Waals surface area (Å²) in [6.07, 6.45) is 12.1. The molecule has 4 aliphatic rings. The minimum absolute atomic E-state index is 0.270. The predicted octanol–water partition coefficient (Wildman–Crippen LogP) is 5.38. The first-order chi connectivity index (χ1) is 11.7. The second kappa shape index (κ2) is 5.81. The van der Waals surface area contributed by atoms with Crippen molar-refractivity contribution in [2.75, 3.05) is 0 Å². The number of carbonyl (C=O) groups excluding carboxylic acids is 1. The Hall–Kier alpha value is -0.370. The average Bonchev–Trinajstić information content (AvgIpc) is 2.81. The molecule has 0 aromatic carbocycles. The van der Waals surface area contributed by atoms with Crippen molar-refractivity contribution in [3.05, 3.63) is 0 Å². The van der Waals surface area contributed by atoms with Crippen LogP contribution in [-0.2, 0) is 4.79 Å². The van der Waals surface area contributed by atoms with Crippen LogP contribution in [-0.4, -0.2) is 16.5 Å². The molecule has 4 aliphatic carbocycles. The van der Waals surface area contributed by atoms with E-state index >= 15 is 0 Å². The van der Waals surface area contributed by atoms with Gasteiger partial charge in [0, 0.05) is 5.92 Å². The molecule has 25 heavy (non-hydrogen) atoms. The highest BCUT2D eigenvalue weighted by molar-refractivity contribution is 5.79. The molecule has 0 amide bonds. The summed E-state index contributed by atoms with van der Waals surface area (Å²) in [6.45, 7) is 8.91. The van der Waals surface area contributed by atoms with Crippen LogP contribution in [0, 0.1) is 40.4 Å². The topological polar surface area (TPSA) is 37.3 Å². The van der Waals surface area contributed by atoms with E-state index in [1.54, 1.807) is 0 Å². The second-order valence-electron chi connectivity index (χ2n) is 11.0. The molecule has 142 valence electrons. The van der Waals surface area contributed by atoms with Gasteiger partial charge in [-0.3, -0.25) is 4.79 Å². The van der Waals surface area contributed by atoms with Crippen LogP contribution >= 0.6 is 0 Å². The van der Waals surface area contributed by atoms with E-state index in [9.17, 15) is 9.90 Å². The molecule has 0 aromatic heterocycles. The van der Waals surface area contributed by atoms with Crippen molar-refractivity contribution in [2.24, 2.45) is 40.4 Å². The zero-order valence-electron chi connectivity index (χ0n) is 16.8. The van der Waals surface area contributed by atoms with Crippen LogP contribution in [0.4, 0.5) is 0 Å².